The van der Waals surface area contributed by atoms with Gasteiger partial charge < -0.3 is 14.0 Å². The average Bonchev–Trinajstić information content (AvgIpc) is 3.20. The number of morpholine rings is 1. The van der Waals surface area contributed by atoms with Crippen molar-refractivity contribution in [2.24, 2.45) is 0 Å². The zero-order valence-electron chi connectivity index (χ0n) is 16.5. The van der Waals surface area contributed by atoms with Crippen LogP contribution in [-0.2, 0) is 17.8 Å². The Morgan fingerprint density at radius 1 is 1.29 bits per heavy atom. The van der Waals surface area contributed by atoms with Crippen LogP contribution in [-0.4, -0.2) is 70.9 Å². The van der Waals surface area contributed by atoms with Gasteiger partial charge in [-0.05, 0) is 31.5 Å². The molecule has 0 amide bonds. The number of benzene rings is 1. The Morgan fingerprint density at radius 2 is 2.21 bits per heavy atom. The first-order valence-corrected chi connectivity index (χ1v) is 10.5. The second-order valence-corrected chi connectivity index (χ2v) is 8.20. The van der Waals surface area contributed by atoms with E-state index in [2.05, 4.69) is 26.3 Å². The summed E-state index contributed by atoms with van der Waals surface area (Å²) in [5.74, 6) is 0.936. The van der Waals surface area contributed by atoms with Crippen molar-refractivity contribution in [3.8, 4) is 5.75 Å². The Morgan fingerprint density at radius 3 is 3.07 bits per heavy atom. The molecular weight excluding hydrogens is 376 g/mol. The molecule has 7 heteroatoms. The van der Waals surface area contributed by atoms with Crippen molar-refractivity contribution in [1.82, 2.24) is 19.4 Å². The van der Waals surface area contributed by atoms with Crippen molar-refractivity contribution in [3.63, 3.8) is 0 Å². The van der Waals surface area contributed by atoms with E-state index >= 15 is 0 Å². The fraction of sp³-hybridized carbons (Fsp3) is 0.571. The quantitative estimate of drug-likeness (QED) is 0.664. The van der Waals surface area contributed by atoms with Crippen LogP contribution in [0.3, 0.4) is 0 Å². The van der Waals surface area contributed by atoms with Gasteiger partial charge in [0.15, 0.2) is 0 Å². The first-order chi connectivity index (χ1) is 13.7. The maximum atomic E-state index is 6.28. The Hall–Kier alpha value is -1.60. The Bertz CT molecular complexity index is 755. The smallest absolute Gasteiger partial charge is 0.123 e. The summed E-state index contributed by atoms with van der Waals surface area (Å²) >= 11 is 6.28. The van der Waals surface area contributed by atoms with Gasteiger partial charge in [-0.2, -0.15) is 0 Å². The van der Waals surface area contributed by atoms with Crippen LogP contribution in [0, 0.1) is 0 Å². The van der Waals surface area contributed by atoms with E-state index in [0.29, 0.717) is 18.7 Å². The van der Waals surface area contributed by atoms with E-state index in [1.165, 1.54) is 0 Å². The van der Waals surface area contributed by atoms with Gasteiger partial charge in [0.25, 0.3) is 0 Å². The van der Waals surface area contributed by atoms with Crippen molar-refractivity contribution in [2.45, 2.75) is 38.5 Å². The first kappa shape index (κ1) is 19.7. The molecule has 0 saturated carbocycles. The zero-order chi connectivity index (χ0) is 19.3. The van der Waals surface area contributed by atoms with Crippen molar-refractivity contribution < 1.29 is 9.47 Å². The standard InChI is InChI=1S/C21H29ClN4O2/c1-17-14-27-15-20-13-25(8-9-26(17)20)12-18-11-19(22)3-4-21(18)28-10-2-6-24-7-5-23-16-24/h3-5,7,11,16-17,20H,2,6,8-10,12-15H2,1H3/t17-,20+/m0/s1. The lowest BCUT2D eigenvalue weighted by molar-refractivity contribution is -0.0766. The van der Waals surface area contributed by atoms with Gasteiger partial charge >= 0.3 is 0 Å². The molecule has 2 saturated heterocycles. The van der Waals surface area contributed by atoms with Gasteiger partial charge in [-0.1, -0.05) is 11.6 Å². The molecule has 2 atom stereocenters. The Labute approximate surface area is 172 Å². The van der Waals surface area contributed by atoms with E-state index in [0.717, 1.165) is 68.7 Å². The number of halogens is 1. The van der Waals surface area contributed by atoms with E-state index in [1.54, 1.807) is 6.20 Å². The van der Waals surface area contributed by atoms with Gasteiger partial charge in [0.2, 0.25) is 0 Å². The first-order valence-electron chi connectivity index (χ1n) is 10.1. The summed E-state index contributed by atoms with van der Waals surface area (Å²) in [7, 11) is 0. The molecule has 3 heterocycles. The van der Waals surface area contributed by atoms with Crippen LogP contribution < -0.4 is 4.74 Å². The zero-order valence-corrected chi connectivity index (χ0v) is 17.2. The summed E-state index contributed by atoms with van der Waals surface area (Å²) < 4.78 is 13.9. The number of rotatable bonds is 7. The lowest BCUT2D eigenvalue weighted by atomic mass is 10.1. The molecule has 0 aliphatic carbocycles. The molecule has 2 aliphatic rings. The summed E-state index contributed by atoms with van der Waals surface area (Å²) in [6.07, 6.45) is 6.55. The minimum atomic E-state index is 0.483. The van der Waals surface area contributed by atoms with Gasteiger partial charge in [-0.25, -0.2) is 4.98 Å². The summed E-state index contributed by atoms with van der Waals surface area (Å²) in [4.78, 5) is 9.15. The molecule has 0 bridgehead atoms. The van der Waals surface area contributed by atoms with E-state index in [1.807, 2.05) is 30.7 Å². The highest BCUT2D eigenvalue weighted by Crippen LogP contribution is 2.26. The summed E-state index contributed by atoms with van der Waals surface area (Å²) in [6.45, 7) is 9.56. The van der Waals surface area contributed by atoms with Crippen LogP contribution in [0.2, 0.25) is 5.02 Å². The molecule has 0 N–H and O–H groups in total. The molecule has 28 heavy (non-hydrogen) atoms. The highest BCUT2D eigenvalue weighted by atomic mass is 35.5. The Balaban J connectivity index is 1.34. The van der Waals surface area contributed by atoms with E-state index < -0.39 is 0 Å². The SMILES string of the molecule is C[C@H]1COC[C@H]2CN(Cc3cc(Cl)ccc3OCCCn3ccnc3)CCN21. The van der Waals surface area contributed by atoms with Gasteiger partial charge in [0.1, 0.15) is 5.75 Å². The lowest BCUT2D eigenvalue weighted by Gasteiger charge is -2.47. The molecule has 0 unspecified atom stereocenters. The maximum Gasteiger partial charge on any atom is 0.123 e. The number of fused-ring (bicyclic) bond motifs is 1. The topological polar surface area (TPSA) is 42.8 Å². The van der Waals surface area contributed by atoms with Crippen LogP contribution in [0.5, 0.6) is 5.75 Å². The predicted octanol–water partition coefficient (Wildman–Crippen LogP) is 2.91. The van der Waals surface area contributed by atoms with Crippen molar-refractivity contribution in [2.75, 3.05) is 39.5 Å². The minimum absolute atomic E-state index is 0.483. The third kappa shape index (κ3) is 4.87. The maximum absolute atomic E-state index is 6.28. The number of hydrogen-bond acceptors (Lipinski definition) is 5. The van der Waals surface area contributed by atoms with Crippen LogP contribution >= 0.6 is 11.6 Å². The normalized spacial score (nSPS) is 23.5. The third-order valence-electron chi connectivity index (χ3n) is 5.64. The number of hydrogen-bond donors (Lipinski definition) is 0. The minimum Gasteiger partial charge on any atom is -0.493 e. The summed E-state index contributed by atoms with van der Waals surface area (Å²) in [5, 5.41) is 0.758. The van der Waals surface area contributed by atoms with Crippen molar-refractivity contribution in [1.29, 1.82) is 0 Å². The van der Waals surface area contributed by atoms with Gasteiger partial charge in [-0.15, -0.1) is 0 Å². The van der Waals surface area contributed by atoms with Crippen LogP contribution in [0.25, 0.3) is 0 Å². The molecule has 2 aliphatic heterocycles. The fourth-order valence-corrected chi connectivity index (χ4v) is 4.37. The average molecular weight is 405 g/mol. The summed E-state index contributed by atoms with van der Waals surface area (Å²) in [6, 6.07) is 6.94. The highest BCUT2D eigenvalue weighted by molar-refractivity contribution is 6.30. The monoisotopic (exact) mass is 404 g/mol. The molecule has 4 rings (SSSR count). The molecule has 2 aromatic rings. The molecule has 0 spiro atoms. The highest BCUT2D eigenvalue weighted by Gasteiger charge is 2.33. The number of imidazole rings is 1. The number of nitrogens with zero attached hydrogens (tertiary/aromatic N) is 4. The summed E-state index contributed by atoms with van der Waals surface area (Å²) in [5.41, 5.74) is 1.16. The number of aromatic nitrogens is 2. The molecule has 1 aromatic carbocycles. The molecular formula is C21H29ClN4O2. The van der Waals surface area contributed by atoms with E-state index in [-0.39, 0.29) is 0 Å². The molecule has 1 aromatic heterocycles. The van der Waals surface area contributed by atoms with Gasteiger partial charge in [-0.3, -0.25) is 9.80 Å². The van der Waals surface area contributed by atoms with Crippen molar-refractivity contribution in [3.05, 3.63) is 47.5 Å². The second kappa shape index (κ2) is 9.27. The van der Waals surface area contributed by atoms with Gasteiger partial charge in [0, 0.05) is 67.8 Å². The fourth-order valence-electron chi connectivity index (χ4n) is 4.18. The van der Waals surface area contributed by atoms with E-state index in [9.17, 15) is 0 Å². The molecule has 152 valence electrons. The second-order valence-electron chi connectivity index (χ2n) is 7.77. The molecule has 6 nitrogen and oxygen atoms in total. The Kier molecular flexibility index (Phi) is 6.52. The third-order valence-corrected chi connectivity index (χ3v) is 5.88. The number of ether oxygens (including phenoxy) is 2. The molecule has 0 radical (unpaired) electrons. The van der Waals surface area contributed by atoms with Crippen LogP contribution in [0.15, 0.2) is 36.9 Å². The lowest BCUT2D eigenvalue weighted by Crippen LogP contribution is -2.60. The van der Waals surface area contributed by atoms with E-state index in [4.69, 9.17) is 21.1 Å². The number of aryl methyl sites for hydroxylation is 1. The van der Waals surface area contributed by atoms with Crippen molar-refractivity contribution >= 4 is 11.6 Å². The largest absolute Gasteiger partial charge is 0.493 e. The van der Waals surface area contributed by atoms with Crippen LogP contribution in [0.1, 0.15) is 18.9 Å². The van der Waals surface area contributed by atoms with Crippen LogP contribution in [0.4, 0.5) is 0 Å². The molecule has 2 fully saturated rings. The predicted molar refractivity (Wildman–Crippen MR) is 110 cm³/mol. The number of piperazine rings is 1. The van der Waals surface area contributed by atoms with Gasteiger partial charge in [0.05, 0.1) is 26.1 Å².